The van der Waals surface area contributed by atoms with Crippen LogP contribution in [0, 0.1) is 0 Å². The Morgan fingerprint density at radius 2 is 2.08 bits per heavy atom. The fraction of sp³-hybridized carbons (Fsp3) is 0.889. The number of amides is 1. The minimum absolute atomic E-state index is 0.0422. The molecule has 1 fully saturated rings. The zero-order valence-electron chi connectivity index (χ0n) is 7.73. The van der Waals surface area contributed by atoms with Gasteiger partial charge in [0.25, 0.3) is 0 Å². The molecule has 1 saturated carbocycles. The van der Waals surface area contributed by atoms with Crippen molar-refractivity contribution in [3.05, 3.63) is 0 Å². The van der Waals surface area contributed by atoms with Gasteiger partial charge in [0.1, 0.15) is 0 Å². The van der Waals surface area contributed by atoms with E-state index in [1.165, 1.54) is 12.8 Å². The van der Waals surface area contributed by atoms with E-state index in [9.17, 15) is 4.79 Å². The molecule has 1 amide bonds. The normalized spacial score (nSPS) is 21.1. The van der Waals surface area contributed by atoms with Crippen molar-refractivity contribution in [3.8, 4) is 0 Å². The lowest BCUT2D eigenvalue weighted by atomic mass is 9.93. The van der Waals surface area contributed by atoms with E-state index in [0.29, 0.717) is 6.42 Å². The summed E-state index contributed by atoms with van der Waals surface area (Å²) in [4.78, 5) is 10.8. The zero-order valence-corrected chi connectivity index (χ0v) is 7.73. The second kappa shape index (κ2) is 3.90. The van der Waals surface area contributed by atoms with Crippen LogP contribution in [0.15, 0.2) is 0 Å². The lowest BCUT2D eigenvalue weighted by Crippen LogP contribution is -2.45. The highest BCUT2D eigenvalue weighted by molar-refractivity contribution is 5.75. The van der Waals surface area contributed by atoms with E-state index in [1.807, 2.05) is 0 Å². The fourth-order valence-corrected chi connectivity index (χ4v) is 2.18. The molecule has 1 rings (SSSR count). The molecule has 1 aliphatic rings. The van der Waals surface area contributed by atoms with Crippen molar-refractivity contribution < 1.29 is 4.79 Å². The third-order valence-electron chi connectivity index (χ3n) is 2.63. The summed E-state index contributed by atoms with van der Waals surface area (Å²) in [5, 5.41) is 3.39. The molecule has 0 aromatic carbocycles. The monoisotopic (exact) mass is 170 g/mol. The highest BCUT2D eigenvalue weighted by atomic mass is 16.1. The van der Waals surface area contributed by atoms with Crippen molar-refractivity contribution in [2.24, 2.45) is 5.73 Å². The van der Waals surface area contributed by atoms with Crippen molar-refractivity contribution in [1.29, 1.82) is 0 Å². The van der Waals surface area contributed by atoms with Crippen LogP contribution in [0.4, 0.5) is 0 Å². The highest BCUT2D eigenvalue weighted by Crippen LogP contribution is 2.32. The summed E-state index contributed by atoms with van der Waals surface area (Å²) >= 11 is 0. The number of carbonyl (C=O) groups is 1. The Balaban J connectivity index is 2.52. The highest BCUT2D eigenvalue weighted by Gasteiger charge is 2.33. The second-order valence-corrected chi connectivity index (χ2v) is 3.66. The fourth-order valence-electron chi connectivity index (χ4n) is 2.18. The van der Waals surface area contributed by atoms with Crippen LogP contribution >= 0.6 is 0 Å². The Kier molecular flexibility index (Phi) is 3.09. The van der Waals surface area contributed by atoms with E-state index in [0.717, 1.165) is 19.4 Å². The molecule has 70 valence electrons. The molecule has 0 atom stereocenters. The smallest absolute Gasteiger partial charge is 0.219 e. The quantitative estimate of drug-likeness (QED) is 0.655. The van der Waals surface area contributed by atoms with E-state index in [1.54, 1.807) is 0 Å². The molecule has 0 aromatic heterocycles. The summed E-state index contributed by atoms with van der Waals surface area (Å²) in [6, 6.07) is 0. The van der Waals surface area contributed by atoms with E-state index < -0.39 is 0 Å². The zero-order chi connectivity index (χ0) is 9.03. The molecule has 0 aliphatic heterocycles. The molecule has 0 saturated heterocycles. The topological polar surface area (TPSA) is 55.1 Å². The molecule has 3 N–H and O–H groups in total. The SMILES string of the molecule is CCNC1(CC(N)=O)CCCC1. The number of hydrogen-bond donors (Lipinski definition) is 2. The van der Waals surface area contributed by atoms with Crippen LogP contribution in [0.5, 0.6) is 0 Å². The van der Waals surface area contributed by atoms with Gasteiger partial charge >= 0.3 is 0 Å². The summed E-state index contributed by atoms with van der Waals surface area (Å²) < 4.78 is 0. The van der Waals surface area contributed by atoms with Crippen LogP contribution in [0.2, 0.25) is 0 Å². The minimum atomic E-state index is -0.183. The van der Waals surface area contributed by atoms with Crippen LogP contribution in [0.1, 0.15) is 39.0 Å². The van der Waals surface area contributed by atoms with E-state index in [4.69, 9.17) is 5.73 Å². The van der Waals surface area contributed by atoms with Gasteiger partial charge in [0.15, 0.2) is 0 Å². The first kappa shape index (κ1) is 9.52. The Bertz CT molecular complexity index is 162. The molecule has 0 heterocycles. The van der Waals surface area contributed by atoms with Crippen molar-refractivity contribution in [3.63, 3.8) is 0 Å². The third-order valence-corrected chi connectivity index (χ3v) is 2.63. The Hall–Kier alpha value is -0.570. The van der Waals surface area contributed by atoms with Crippen LogP contribution in [-0.2, 0) is 4.79 Å². The van der Waals surface area contributed by atoms with Gasteiger partial charge in [-0.25, -0.2) is 0 Å². The van der Waals surface area contributed by atoms with Crippen LogP contribution in [0.3, 0.4) is 0 Å². The first-order chi connectivity index (χ1) is 5.68. The predicted octanol–water partition coefficient (Wildman–Crippen LogP) is 0.784. The maximum absolute atomic E-state index is 10.8. The minimum Gasteiger partial charge on any atom is -0.370 e. The number of hydrogen-bond acceptors (Lipinski definition) is 2. The average molecular weight is 170 g/mol. The van der Waals surface area contributed by atoms with Gasteiger partial charge in [-0.05, 0) is 19.4 Å². The Morgan fingerprint density at radius 3 is 2.50 bits per heavy atom. The summed E-state index contributed by atoms with van der Waals surface area (Å²) in [5.41, 5.74) is 5.25. The largest absolute Gasteiger partial charge is 0.370 e. The average Bonchev–Trinajstić information content (AvgIpc) is 2.36. The van der Waals surface area contributed by atoms with Gasteiger partial charge in [0, 0.05) is 12.0 Å². The van der Waals surface area contributed by atoms with Crippen molar-refractivity contribution in [1.82, 2.24) is 5.32 Å². The molecule has 0 unspecified atom stereocenters. The maximum atomic E-state index is 10.8. The summed E-state index contributed by atoms with van der Waals surface area (Å²) in [5.74, 6) is -0.183. The molecular weight excluding hydrogens is 152 g/mol. The molecule has 0 aromatic rings. The first-order valence-corrected chi connectivity index (χ1v) is 4.72. The van der Waals surface area contributed by atoms with Gasteiger partial charge in [-0.1, -0.05) is 19.8 Å². The lowest BCUT2D eigenvalue weighted by Gasteiger charge is -2.28. The predicted molar refractivity (Wildman–Crippen MR) is 48.7 cm³/mol. The van der Waals surface area contributed by atoms with Gasteiger partial charge in [-0.15, -0.1) is 0 Å². The van der Waals surface area contributed by atoms with Crippen LogP contribution in [0.25, 0.3) is 0 Å². The van der Waals surface area contributed by atoms with Gasteiger partial charge in [-0.3, -0.25) is 4.79 Å². The summed E-state index contributed by atoms with van der Waals surface area (Å²) in [7, 11) is 0. The first-order valence-electron chi connectivity index (χ1n) is 4.72. The molecule has 12 heavy (non-hydrogen) atoms. The van der Waals surface area contributed by atoms with Gasteiger partial charge in [0.05, 0.1) is 0 Å². The van der Waals surface area contributed by atoms with Gasteiger partial charge in [-0.2, -0.15) is 0 Å². The van der Waals surface area contributed by atoms with E-state index in [2.05, 4.69) is 12.2 Å². The molecule has 0 radical (unpaired) electrons. The number of primary amides is 1. The van der Waals surface area contributed by atoms with Crippen LogP contribution < -0.4 is 11.1 Å². The van der Waals surface area contributed by atoms with Crippen molar-refractivity contribution >= 4 is 5.91 Å². The lowest BCUT2D eigenvalue weighted by molar-refractivity contribution is -0.119. The van der Waals surface area contributed by atoms with E-state index in [-0.39, 0.29) is 11.4 Å². The standard InChI is InChI=1S/C9H18N2O/c1-2-11-9(7-8(10)12)5-3-4-6-9/h11H,2-7H2,1H3,(H2,10,12). The molecule has 1 aliphatic carbocycles. The number of rotatable bonds is 4. The summed E-state index contributed by atoms with van der Waals surface area (Å²) in [6.45, 7) is 2.99. The second-order valence-electron chi connectivity index (χ2n) is 3.66. The molecule has 3 nitrogen and oxygen atoms in total. The van der Waals surface area contributed by atoms with E-state index >= 15 is 0 Å². The van der Waals surface area contributed by atoms with Crippen molar-refractivity contribution in [2.45, 2.75) is 44.6 Å². The molecule has 0 spiro atoms. The number of nitrogens with two attached hydrogens (primary N) is 1. The Labute approximate surface area is 73.7 Å². The number of carbonyl (C=O) groups excluding carboxylic acids is 1. The molecule has 0 bridgehead atoms. The third kappa shape index (κ3) is 2.21. The molecular formula is C9H18N2O. The van der Waals surface area contributed by atoms with Gasteiger partial charge in [0.2, 0.25) is 5.91 Å². The number of nitrogens with one attached hydrogen (secondary N) is 1. The Morgan fingerprint density at radius 1 is 1.50 bits per heavy atom. The molecule has 3 heteroatoms. The van der Waals surface area contributed by atoms with Crippen LogP contribution in [-0.4, -0.2) is 18.0 Å². The van der Waals surface area contributed by atoms with Gasteiger partial charge < -0.3 is 11.1 Å². The maximum Gasteiger partial charge on any atom is 0.219 e. The summed E-state index contributed by atoms with van der Waals surface area (Å²) in [6.07, 6.45) is 5.15. The van der Waals surface area contributed by atoms with Crippen molar-refractivity contribution in [2.75, 3.05) is 6.54 Å².